The van der Waals surface area contributed by atoms with Gasteiger partial charge in [0.25, 0.3) is 0 Å². The largest absolute Gasteiger partial charge is 0.384 e. The molecule has 1 aliphatic rings. The Hall–Kier alpha value is -2.51. The van der Waals surface area contributed by atoms with Gasteiger partial charge in [-0.05, 0) is 24.6 Å². The minimum absolute atomic E-state index is 0.00213. The van der Waals surface area contributed by atoms with Crippen LogP contribution in [0.25, 0.3) is 0 Å². The molecule has 0 spiro atoms. The summed E-state index contributed by atoms with van der Waals surface area (Å²) in [5, 5.41) is 0.529. The molecule has 1 aliphatic heterocycles. The van der Waals surface area contributed by atoms with Gasteiger partial charge in [-0.25, -0.2) is 9.97 Å². The lowest BCUT2D eigenvalue weighted by atomic mass is 10.1. The maximum Gasteiger partial charge on any atom is 0.238 e. The standard InChI is InChI=1S/C21H20N4OS2/c1-14-11-19(22)24-21(23-14)28-13-20(26)25-16-9-5-6-10-18(16)27-12-17(25)15-7-3-2-4-8-15/h2-11,17H,12-13H2,1H3,(H2,22,23,24). The van der Waals surface area contributed by atoms with Crippen molar-refractivity contribution in [2.24, 2.45) is 0 Å². The third-order valence-electron chi connectivity index (χ3n) is 4.46. The highest BCUT2D eigenvalue weighted by molar-refractivity contribution is 8.00. The van der Waals surface area contributed by atoms with Gasteiger partial charge < -0.3 is 10.6 Å². The van der Waals surface area contributed by atoms with Crippen molar-refractivity contribution >= 4 is 40.9 Å². The Morgan fingerprint density at radius 3 is 2.71 bits per heavy atom. The first kappa shape index (κ1) is 18.8. The topological polar surface area (TPSA) is 72.1 Å². The number of carbonyl (C=O) groups excluding carboxylic acids is 1. The van der Waals surface area contributed by atoms with Crippen LogP contribution >= 0.6 is 23.5 Å². The molecule has 2 heterocycles. The van der Waals surface area contributed by atoms with Crippen molar-refractivity contribution in [3.05, 3.63) is 71.9 Å². The first-order chi connectivity index (χ1) is 13.6. The molecule has 5 nitrogen and oxygen atoms in total. The molecule has 0 fully saturated rings. The molecule has 0 bridgehead atoms. The summed E-state index contributed by atoms with van der Waals surface area (Å²) in [4.78, 5) is 24.9. The predicted molar refractivity (Wildman–Crippen MR) is 116 cm³/mol. The molecule has 0 saturated carbocycles. The fourth-order valence-corrected chi connectivity index (χ4v) is 5.18. The first-order valence-electron chi connectivity index (χ1n) is 8.94. The Morgan fingerprint density at radius 2 is 1.93 bits per heavy atom. The number of hydrogen-bond donors (Lipinski definition) is 1. The number of amides is 1. The van der Waals surface area contributed by atoms with Crippen LogP contribution in [0.4, 0.5) is 11.5 Å². The van der Waals surface area contributed by atoms with Crippen molar-refractivity contribution in [1.82, 2.24) is 9.97 Å². The fourth-order valence-electron chi connectivity index (χ4n) is 3.24. The number of hydrogen-bond acceptors (Lipinski definition) is 6. The highest BCUT2D eigenvalue weighted by Crippen LogP contribution is 2.43. The van der Waals surface area contributed by atoms with E-state index in [0.29, 0.717) is 11.0 Å². The second-order valence-electron chi connectivity index (χ2n) is 6.47. The van der Waals surface area contributed by atoms with Gasteiger partial charge in [-0.1, -0.05) is 54.2 Å². The quantitative estimate of drug-likeness (QED) is 0.511. The van der Waals surface area contributed by atoms with Gasteiger partial charge in [-0.15, -0.1) is 11.8 Å². The summed E-state index contributed by atoms with van der Waals surface area (Å²) in [6, 6.07) is 20.0. The Morgan fingerprint density at radius 1 is 1.18 bits per heavy atom. The van der Waals surface area contributed by atoms with Crippen molar-refractivity contribution in [1.29, 1.82) is 0 Å². The smallest absolute Gasteiger partial charge is 0.238 e. The number of benzene rings is 2. The van der Waals surface area contributed by atoms with Crippen molar-refractivity contribution in [3.63, 3.8) is 0 Å². The van der Waals surface area contributed by atoms with Crippen molar-refractivity contribution in [3.8, 4) is 0 Å². The van der Waals surface area contributed by atoms with Crippen LogP contribution < -0.4 is 10.6 Å². The summed E-state index contributed by atoms with van der Waals surface area (Å²) in [6.45, 7) is 1.87. The average Bonchev–Trinajstić information content (AvgIpc) is 2.71. The lowest BCUT2D eigenvalue weighted by Crippen LogP contribution is -2.39. The molecule has 1 aromatic heterocycles. The molecule has 3 aromatic rings. The van der Waals surface area contributed by atoms with Gasteiger partial charge in [0.15, 0.2) is 5.16 Å². The van der Waals surface area contributed by atoms with E-state index in [2.05, 4.69) is 28.2 Å². The number of fused-ring (bicyclic) bond motifs is 1. The normalized spacial score (nSPS) is 15.9. The second-order valence-corrected chi connectivity index (χ2v) is 8.48. The van der Waals surface area contributed by atoms with E-state index < -0.39 is 0 Å². The number of rotatable bonds is 4. The van der Waals surface area contributed by atoms with Crippen LogP contribution in [0, 0.1) is 6.92 Å². The molecule has 0 aliphatic carbocycles. The summed E-state index contributed by atoms with van der Waals surface area (Å²) in [6.07, 6.45) is 0. The summed E-state index contributed by atoms with van der Waals surface area (Å²) in [5.41, 5.74) is 8.70. The Labute approximate surface area is 172 Å². The SMILES string of the molecule is Cc1cc(N)nc(SCC(=O)N2c3ccccc3SCC2c2ccccc2)n1. The van der Waals surface area contributed by atoms with E-state index in [0.717, 1.165) is 27.6 Å². The van der Waals surface area contributed by atoms with Crippen molar-refractivity contribution < 1.29 is 4.79 Å². The molecule has 0 radical (unpaired) electrons. The molecule has 7 heteroatoms. The molecule has 2 N–H and O–H groups in total. The highest BCUT2D eigenvalue weighted by Gasteiger charge is 2.32. The van der Waals surface area contributed by atoms with Gasteiger partial charge in [0.2, 0.25) is 5.91 Å². The number of nitrogens with two attached hydrogens (primary N) is 1. The van der Waals surface area contributed by atoms with Crippen molar-refractivity contribution in [2.75, 3.05) is 22.1 Å². The van der Waals surface area contributed by atoms with Gasteiger partial charge in [-0.2, -0.15) is 0 Å². The number of nitrogens with zero attached hydrogens (tertiary/aromatic N) is 3. The Kier molecular flexibility index (Phi) is 5.54. The molecular weight excluding hydrogens is 388 g/mol. The number of nitrogen functional groups attached to an aromatic ring is 1. The predicted octanol–water partition coefficient (Wildman–Crippen LogP) is 4.34. The van der Waals surface area contributed by atoms with E-state index in [4.69, 9.17) is 5.73 Å². The monoisotopic (exact) mass is 408 g/mol. The maximum atomic E-state index is 13.3. The maximum absolute atomic E-state index is 13.3. The third kappa shape index (κ3) is 4.00. The summed E-state index contributed by atoms with van der Waals surface area (Å²) >= 11 is 3.11. The number of anilines is 2. The number of aromatic nitrogens is 2. The minimum Gasteiger partial charge on any atom is -0.384 e. The van der Waals surface area contributed by atoms with Crippen LogP contribution in [0.3, 0.4) is 0 Å². The summed E-state index contributed by atoms with van der Waals surface area (Å²) in [5.74, 6) is 1.54. The lowest BCUT2D eigenvalue weighted by molar-refractivity contribution is -0.116. The van der Waals surface area contributed by atoms with E-state index in [1.807, 2.05) is 48.2 Å². The number of aryl methyl sites for hydroxylation is 1. The molecule has 1 atom stereocenters. The van der Waals surface area contributed by atoms with E-state index in [9.17, 15) is 4.79 Å². The Bertz CT molecular complexity index is 976. The average molecular weight is 409 g/mol. The molecule has 142 valence electrons. The van der Waals surface area contributed by atoms with Gasteiger partial charge >= 0.3 is 0 Å². The zero-order valence-corrected chi connectivity index (χ0v) is 17.0. The van der Waals surface area contributed by atoms with Crippen molar-refractivity contribution in [2.45, 2.75) is 23.0 Å². The van der Waals surface area contributed by atoms with Crippen LogP contribution in [-0.2, 0) is 4.79 Å². The zero-order chi connectivity index (χ0) is 19.5. The van der Waals surface area contributed by atoms with E-state index in [1.165, 1.54) is 11.8 Å². The molecular formula is C21H20N4OS2. The summed E-state index contributed by atoms with van der Waals surface area (Å²) < 4.78 is 0. The van der Waals surface area contributed by atoms with E-state index in [1.54, 1.807) is 17.8 Å². The van der Waals surface area contributed by atoms with Crippen LogP contribution in [0.15, 0.2) is 70.7 Å². The number of carbonyl (C=O) groups is 1. The second kappa shape index (κ2) is 8.24. The first-order valence-corrected chi connectivity index (χ1v) is 10.9. The molecule has 0 saturated heterocycles. The van der Waals surface area contributed by atoms with Crippen LogP contribution in [-0.4, -0.2) is 27.4 Å². The molecule has 1 unspecified atom stereocenters. The fraction of sp³-hybridized carbons (Fsp3) is 0.190. The van der Waals surface area contributed by atoms with Crippen LogP contribution in [0.1, 0.15) is 17.3 Å². The van der Waals surface area contributed by atoms with E-state index in [-0.39, 0.29) is 17.7 Å². The third-order valence-corrected chi connectivity index (χ3v) is 6.44. The molecule has 1 amide bonds. The van der Waals surface area contributed by atoms with Crippen LogP contribution in [0.2, 0.25) is 0 Å². The van der Waals surface area contributed by atoms with Gasteiger partial charge in [-0.3, -0.25) is 4.79 Å². The number of thioether (sulfide) groups is 2. The van der Waals surface area contributed by atoms with E-state index >= 15 is 0 Å². The minimum atomic E-state index is -0.00213. The Balaban J connectivity index is 1.62. The highest BCUT2D eigenvalue weighted by atomic mass is 32.2. The van der Waals surface area contributed by atoms with Gasteiger partial charge in [0.1, 0.15) is 5.82 Å². The molecule has 28 heavy (non-hydrogen) atoms. The van der Waals surface area contributed by atoms with Gasteiger partial charge in [0.05, 0.1) is 17.5 Å². The summed E-state index contributed by atoms with van der Waals surface area (Å²) in [7, 11) is 0. The number of para-hydroxylation sites is 1. The van der Waals surface area contributed by atoms with Gasteiger partial charge in [0, 0.05) is 22.4 Å². The zero-order valence-electron chi connectivity index (χ0n) is 15.4. The molecule has 4 rings (SSSR count). The lowest BCUT2D eigenvalue weighted by Gasteiger charge is -2.37. The van der Waals surface area contributed by atoms with Crippen LogP contribution in [0.5, 0.6) is 0 Å². The molecule has 2 aromatic carbocycles.